The highest BCUT2D eigenvalue weighted by Crippen LogP contribution is 2.33. The van der Waals surface area contributed by atoms with Crippen LogP contribution in [0.3, 0.4) is 0 Å². The molecule has 0 unspecified atom stereocenters. The van der Waals surface area contributed by atoms with E-state index in [9.17, 15) is 9.59 Å². The molecule has 31 heavy (non-hydrogen) atoms. The lowest BCUT2D eigenvalue weighted by Crippen LogP contribution is -2.32. The number of carbonyl (C=O) groups excluding carboxylic acids is 2. The molecule has 150 valence electrons. The van der Waals surface area contributed by atoms with Gasteiger partial charge in [0.15, 0.2) is 0 Å². The van der Waals surface area contributed by atoms with Gasteiger partial charge in [0, 0.05) is 11.1 Å². The van der Waals surface area contributed by atoms with Crippen LogP contribution in [0, 0.1) is 0 Å². The van der Waals surface area contributed by atoms with Crippen molar-refractivity contribution < 1.29 is 9.59 Å². The van der Waals surface area contributed by atoms with Gasteiger partial charge in [-0.1, -0.05) is 97.1 Å². The molecule has 4 nitrogen and oxygen atoms in total. The third-order valence-electron chi connectivity index (χ3n) is 5.46. The maximum Gasteiger partial charge on any atom is 0.278 e. The van der Waals surface area contributed by atoms with Crippen molar-refractivity contribution in [1.29, 1.82) is 0 Å². The topological polar surface area (TPSA) is 49.4 Å². The zero-order valence-electron chi connectivity index (χ0n) is 16.8. The van der Waals surface area contributed by atoms with Crippen LogP contribution in [0.25, 0.3) is 16.3 Å². The van der Waals surface area contributed by atoms with Crippen molar-refractivity contribution in [3.8, 4) is 0 Å². The molecule has 0 saturated heterocycles. The summed E-state index contributed by atoms with van der Waals surface area (Å²) in [5.41, 5.74) is 3.13. The Hall–Kier alpha value is -4.18. The van der Waals surface area contributed by atoms with E-state index in [0.29, 0.717) is 11.3 Å². The Morgan fingerprint density at radius 2 is 1.29 bits per heavy atom. The van der Waals surface area contributed by atoms with E-state index in [-0.39, 0.29) is 18.4 Å². The van der Waals surface area contributed by atoms with Gasteiger partial charge in [0.05, 0.1) is 12.1 Å². The number of carbonyl (C=O) groups is 2. The smallest absolute Gasteiger partial charge is 0.278 e. The summed E-state index contributed by atoms with van der Waals surface area (Å²) in [7, 11) is 0. The molecule has 0 aliphatic carbocycles. The summed E-state index contributed by atoms with van der Waals surface area (Å²) in [5.74, 6) is -0.608. The average molecular weight is 404 g/mol. The lowest BCUT2D eigenvalue weighted by atomic mass is 10.0. The minimum Gasteiger partial charge on any atom is -0.350 e. The Bertz CT molecular complexity index is 1310. The first-order valence-corrected chi connectivity index (χ1v) is 10.2. The fraction of sp³-hybridized carbons (Fsp3) is 0.0370. The van der Waals surface area contributed by atoms with Crippen molar-refractivity contribution in [2.45, 2.75) is 6.54 Å². The van der Waals surface area contributed by atoms with Crippen molar-refractivity contribution in [3.05, 3.63) is 120 Å². The zero-order chi connectivity index (χ0) is 21.2. The van der Waals surface area contributed by atoms with Gasteiger partial charge in [-0.15, -0.1) is 0 Å². The Labute approximate surface area is 180 Å². The summed E-state index contributed by atoms with van der Waals surface area (Å²) in [6.45, 7) is 0.232. The number of nitrogens with zero attached hydrogens (tertiary/aromatic N) is 1. The second kappa shape index (κ2) is 7.92. The van der Waals surface area contributed by atoms with Gasteiger partial charge in [-0.3, -0.25) is 14.5 Å². The van der Waals surface area contributed by atoms with Crippen LogP contribution in [-0.2, 0) is 16.1 Å². The van der Waals surface area contributed by atoms with Crippen LogP contribution in [0.1, 0.15) is 11.1 Å². The van der Waals surface area contributed by atoms with Crippen molar-refractivity contribution in [2.24, 2.45) is 0 Å². The van der Waals surface area contributed by atoms with Crippen LogP contribution in [0.15, 0.2) is 109 Å². The number of nitrogens with one attached hydrogen (secondary N) is 1. The van der Waals surface area contributed by atoms with E-state index in [0.717, 1.165) is 27.6 Å². The molecule has 0 saturated carbocycles. The Balaban J connectivity index is 1.59. The number of anilines is 1. The first-order valence-electron chi connectivity index (χ1n) is 10.2. The van der Waals surface area contributed by atoms with Crippen LogP contribution in [0.4, 0.5) is 5.69 Å². The van der Waals surface area contributed by atoms with Gasteiger partial charge in [0.2, 0.25) is 0 Å². The van der Waals surface area contributed by atoms with Gasteiger partial charge in [-0.05, 0) is 22.6 Å². The largest absolute Gasteiger partial charge is 0.350 e. The summed E-state index contributed by atoms with van der Waals surface area (Å²) < 4.78 is 0. The quantitative estimate of drug-likeness (QED) is 0.463. The number of benzene rings is 4. The Morgan fingerprint density at radius 3 is 2.06 bits per heavy atom. The molecule has 0 fully saturated rings. The van der Waals surface area contributed by atoms with E-state index in [1.807, 2.05) is 103 Å². The van der Waals surface area contributed by atoms with E-state index in [1.54, 1.807) is 0 Å². The molecule has 4 aromatic rings. The summed E-state index contributed by atoms with van der Waals surface area (Å²) in [6.07, 6.45) is 0. The number of fused-ring (bicyclic) bond motifs is 1. The van der Waals surface area contributed by atoms with Crippen LogP contribution < -0.4 is 5.32 Å². The molecular formula is C27H20N2O2. The standard InChI is InChI=1S/C27H20N2O2/c30-26-24(21-13-5-2-6-14-21)25(27(31)29(26)18-19-10-3-1-4-11-19)28-23-17-9-15-20-12-7-8-16-22(20)23/h1-17,28H,18H2. The highest BCUT2D eigenvalue weighted by molar-refractivity contribution is 6.36. The molecule has 1 heterocycles. The Kier molecular flexibility index (Phi) is 4.81. The summed E-state index contributed by atoms with van der Waals surface area (Å²) in [4.78, 5) is 28.1. The molecule has 0 bridgehead atoms. The molecule has 1 aliphatic rings. The molecule has 0 aromatic heterocycles. The number of imide groups is 1. The molecular weight excluding hydrogens is 384 g/mol. The maximum absolute atomic E-state index is 13.4. The van der Waals surface area contributed by atoms with E-state index in [4.69, 9.17) is 0 Å². The third-order valence-corrected chi connectivity index (χ3v) is 5.46. The molecule has 1 aliphatic heterocycles. The van der Waals surface area contributed by atoms with Gasteiger partial charge >= 0.3 is 0 Å². The number of amides is 2. The van der Waals surface area contributed by atoms with Crippen LogP contribution >= 0.6 is 0 Å². The highest BCUT2D eigenvalue weighted by Gasteiger charge is 2.39. The van der Waals surface area contributed by atoms with E-state index in [2.05, 4.69) is 5.32 Å². The first kappa shape index (κ1) is 18.8. The highest BCUT2D eigenvalue weighted by atomic mass is 16.2. The second-order valence-electron chi connectivity index (χ2n) is 7.45. The molecule has 5 rings (SSSR count). The third kappa shape index (κ3) is 3.49. The molecule has 1 N–H and O–H groups in total. The molecule has 4 heteroatoms. The van der Waals surface area contributed by atoms with Crippen LogP contribution in [0.2, 0.25) is 0 Å². The van der Waals surface area contributed by atoms with Gasteiger partial charge in [-0.25, -0.2) is 0 Å². The zero-order valence-corrected chi connectivity index (χ0v) is 16.8. The van der Waals surface area contributed by atoms with Crippen molar-refractivity contribution in [1.82, 2.24) is 4.90 Å². The molecule has 4 aromatic carbocycles. The van der Waals surface area contributed by atoms with Crippen LogP contribution in [-0.4, -0.2) is 16.7 Å². The molecule has 0 spiro atoms. The predicted octanol–water partition coefficient (Wildman–Crippen LogP) is 5.23. The number of rotatable bonds is 5. The fourth-order valence-electron chi connectivity index (χ4n) is 3.94. The summed E-state index contributed by atoms with van der Waals surface area (Å²) in [6, 6.07) is 32.8. The van der Waals surface area contributed by atoms with Crippen LogP contribution in [0.5, 0.6) is 0 Å². The monoisotopic (exact) mass is 404 g/mol. The molecule has 0 atom stereocenters. The van der Waals surface area contributed by atoms with E-state index < -0.39 is 0 Å². The van der Waals surface area contributed by atoms with Crippen molar-refractivity contribution >= 4 is 33.8 Å². The normalized spacial score (nSPS) is 13.9. The average Bonchev–Trinajstić information content (AvgIpc) is 3.05. The van der Waals surface area contributed by atoms with Crippen molar-refractivity contribution in [3.63, 3.8) is 0 Å². The summed E-state index contributed by atoms with van der Waals surface area (Å²) >= 11 is 0. The maximum atomic E-state index is 13.4. The molecule has 0 radical (unpaired) electrons. The lowest BCUT2D eigenvalue weighted by molar-refractivity contribution is -0.137. The predicted molar refractivity (Wildman–Crippen MR) is 123 cm³/mol. The van der Waals surface area contributed by atoms with Crippen molar-refractivity contribution in [2.75, 3.05) is 5.32 Å². The SMILES string of the molecule is O=C1C(Nc2cccc3ccccc23)=C(c2ccccc2)C(=O)N1Cc1ccccc1. The Morgan fingerprint density at radius 1 is 0.645 bits per heavy atom. The molecule has 2 amide bonds. The second-order valence-corrected chi connectivity index (χ2v) is 7.45. The lowest BCUT2D eigenvalue weighted by Gasteiger charge is -2.15. The van der Waals surface area contributed by atoms with E-state index >= 15 is 0 Å². The van der Waals surface area contributed by atoms with Gasteiger partial charge in [0.25, 0.3) is 11.8 Å². The minimum atomic E-state index is -0.319. The first-order chi connectivity index (χ1) is 15.2. The minimum absolute atomic E-state index is 0.232. The van der Waals surface area contributed by atoms with Gasteiger partial charge in [-0.2, -0.15) is 0 Å². The van der Waals surface area contributed by atoms with Gasteiger partial charge < -0.3 is 5.32 Å². The summed E-state index contributed by atoms with van der Waals surface area (Å²) in [5, 5.41) is 5.35. The van der Waals surface area contributed by atoms with Gasteiger partial charge in [0.1, 0.15) is 5.70 Å². The fourth-order valence-corrected chi connectivity index (χ4v) is 3.94. The number of hydrogen-bond donors (Lipinski definition) is 1. The van der Waals surface area contributed by atoms with E-state index in [1.165, 1.54) is 4.90 Å². The number of hydrogen-bond acceptors (Lipinski definition) is 3.